The molecule has 2 aromatic rings. The maximum atomic E-state index is 12.7. The first kappa shape index (κ1) is 22.1. The van der Waals surface area contributed by atoms with Crippen molar-refractivity contribution in [3.05, 3.63) is 61.8 Å². The van der Waals surface area contributed by atoms with Gasteiger partial charge in [0.05, 0.1) is 17.7 Å². The Bertz CT molecular complexity index is 1030. The first-order valence-corrected chi connectivity index (χ1v) is 10.1. The molecule has 0 amide bonds. The summed E-state index contributed by atoms with van der Waals surface area (Å²) < 4.78 is 5.01. The molecule has 0 atom stereocenters. The Hall–Kier alpha value is -3.22. The number of allylic oxidation sites excluding steroid dienone is 1. The van der Waals surface area contributed by atoms with Crippen molar-refractivity contribution in [1.29, 1.82) is 10.5 Å². The van der Waals surface area contributed by atoms with Crippen molar-refractivity contribution < 1.29 is 14.3 Å². The van der Waals surface area contributed by atoms with Crippen LogP contribution in [-0.4, -0.2) is 18.4 Å². The molecular weight excluding hydrogens is 384 g/mol. The van der Waals surface area contributed by atoms with Gasteiger partial charge in [0, 0.05) is 11.3 Å². The fourth-order valence-electron chi connectivity index (χ4n) is 2.80. The first-order valence-electron chi connectivity index (χ1n) is 9.26. The van der Waals surface area contributed by atoms with Crippen molar-refractivity contribution in [2.24, 2.45) is 0 Å². The Kier molecular flexibility index (Phi) is 7.47. The number of benzene rings is 1. The van der Waals surface area contributed by atoms with E-state index in [1.165, 1.54) is 5.56 Å². The second-order valence-corrected chi connectivity index (χ2v) is 7.88. The molecule has 0 unspecified atom stereocenters. The van der Waals surface area contributed by atoms with Crippen LogP contribution in [0.5, 0.6) is 0 Å². The van der Waals surface area contributed by atoms with Gasteiger partial charge in [-0.1, -0.05) is 38.1 Å². The summed E-state index contributed by atoms with van der Waals surface area (Å²) in [6.45, 7) is 7.77. The molecule has 0 spiro atoms. The monoisotopic (exact) mass is 406 g/mol. The van der Waals surface area contributed by atoms with Crippen LogP contribution in [0.2, 0.25) is 0 Å². The number of nitrogens with zero attached hydrogens (tertiary/aromatic N) is 2. The molecule has 5 nitrogen and oxygen atoms in total. The summed E-state index contributed by atoms with van der Waals surface area (Å²) in [4.78, 5) is 25.6. The standard InChI is InChI=1S/C23H22N2O3S/c1-5-28-23(27)22-15(4)19(13-25)21(29-22)11-20(26)18(12-24)10-16-6-8-17(9-7-16)14(2)3/h6-10,14H,5,11H2,1-4H3/b18-10+. The highest BCUT2D eigenvalue weighted by molar-refractivity contribution is 7.14. The van der Waals surface area contributed by atoms with Crippen molar-refractivity contribution in [3.8, 4) is 12.1 Å². The number of ketones is 1. The number of hydrogen-bond acceptors (Lipinski definition) is 6. The predicted octanol–water partition coefficient (Wildman–Crippen LogP) is 4.95. The number of Topliss-reactive ketones (excluding diaryl/α,β-unsaturated/α-hetero) is 1. The third kappa shape index (κ3) is 5.19. The molecule has 0 radical (unpaired) electrons. The molecule has 0 bridgehead atoms. The number of ether oxygens (including phenoxy) is 1. The molecule has 0 saturated carbocycles. The number of esters is 1. The van der Waals surface area contributed by atoms with E-state index in [4.69, 9.17) is 4.74 Å². The van der Waals surface area contributed by atoms with E-state index in [-0.39, 0.29) is 18.6 Å². The fraction of sp³-hybridized carbons (Fsp3) is 0.304. The number of hydrogen-bond donors (Lipinski definition) is 0. The Morgan fingerprint density at radius 1 is 1.21 bits per heavy atom. The van der Waals surface area contributed by atoms with Gasteiger partial charge in [0.2, 0.25) is 0 Å². The summed E-state index contributed by atoms with van der Waals surface area (Å²) in [6, 6.07) is 11.7. The van der Waals surface area contributed by atoms with E-state index in [9.17, 15) is 20.1 Å². The van der Waals surface area contributed by atoms with Gasteiger partial charge in [-0.15, -0.1) is 11.3 Å². The normalized spacial score (nSPS) is 11.1. The summed E-state index contributed by atoms with van der Waals surface area (Å²) in [7, 11) is 0. The van der Waals surface area contributed by atoms with Gasteiger partial charge in [-0.05, 0) is 42.5 Å². The molecule has 0 aliphatic heterocycles. The largest absolute Gasteiger partial charge is 0.462 e. The van der Waals surface area contributed by atoms with Crippen LogP contribution in [0.3, 0.4) is 0 Å². The molecule has 0 fully saturated rings. The van der Waals surface area contributed by atoms with Crippen LogP contribution in [0.25, 0.3) is 6.08 Å². The molecule has 1 aromatic heterocycles. The number of carbonyl (C=O) groups excluding carboxylic acids is 2. The molecule has 1 aromatic carbocycles. The van der Waals surface area contributed by atoms with Crippen molar-refractivity contribution in [3.63, 3.8) is 0 Å². The summed E-state index contributed by atoms with van der Waals surface area (Å²) >= 11 is 1.07. The molecule has 0 aliphatic carbocycles. The van der Waals surface area contributed by atoms with Crippen molar-refractivity contribution in [1.82, 2.24) is 0 Å². The summed E-state index contributed by atoms with van der Waals surface area (Å²) in [5, 5.41) is 18.9. The van der Waals surface area contributed by atoms with Crippen molar-refractivity contribution in [2.75, 3.05) is 6.61 Å². The number of thiophene rings is 1. The Morgan fingerprint density at radius 3 is 2.38 bits per heavy atom. The van der Waals surface area contributed by atoms with Crippen LogP contribution in [-0.2, 0) is 16.0 Å². The summed E-state index contributed by atoms with van der Waals surface area (Å²) in [5.74, 6) is -0.509. The molecule has 2 rings (SSSR count). The Balaban J connectivity index is 2.30. The van der Waals surface area contributed by atoms with Crippen LogP contribution in [0.4, 0.5) is 0 Å². The lowest BCUT2D eigenvalue weighted by Gasteiger charge is -2.05. The van der Waals surface area contributed by atoms with E-state index in [0.717, 1.165) is 16.9 Å². The Labute approximate surface area is 174 Å². The minimum absolute atomic E-state index is 0.00919. The molecule has 6 heteroatoms. The van der Waals surface area contributed by atoms with Crippen LogP contribution < -0.4 is 0 Å². The van der Waals surface area contributed by atoms with E-state index >= 15 is 0 Å². The predicted molar refractivity (Wildman–Crippen MR) is 113 cm³/mol. The van der Waals surface area contributed by atoms with Crippen LogP contribution in [0.15, 0.2) is 29.8 Å². The molecule has 1 heterocycles. The van der Waals surface area contributed by atoms with Crippen LogP contribution in [0, 0.1) is 29.6 Å². The quantitative estimate of drug-likeness (QED) is 0.369. The van der Waals surface area contributed by atoms with E-state index in [2.05, 4.69) is 19.9 Å². The van der Waals surface area contributed by atoms with Gasteiger partial charge in [0.15, 0.2) is 5.78 Å². The highest BCUT2D eigenvalue weighted by Gasteiger charge is 2.23. The highest BCUT2D eigenvalue weighted by Crippen LogP contribution is 2.29. The number of rotatable bonds is 7. The average molecular weight is 407 g/mol. The molecule has 0 N–H and O–H groups in total. The van der Waals surface area contributed by atoms with Crippen molar-refractivity contribution >= 4 is 29.2 Å². The van der Waals surface area contributed by atoms with Crippen molar-refractivity contribution in [2.45, 2.75) is 40.0 Å². The molecule has 29 heavy (non-hydrogen) atoms. The van der Waals surface area contributed by atoms with Gasteiger partial charge in [-0.25, -0.2) is 4.79 Å². The maximum absolute atomic E-state index is 12.7. The van der Waals surface area contributed by atoms with Gasteiger partial charge in [-0.2, -0.15) is 10.5 Å². The molecule has 148 valence electrons. The van der Waals surface area contributed by atoms with E-state index in [1.807, 2.05) is 30.3 Å². The fourth-order valence-corrected chi connectivity index (χ4v) is 3.94. The van der Waals surface area contributed by atoms with Gasteiger partial charge in [0.1, 0.15) is 17.0 Å². The van der Waals surface area contributed by atoms with Crippen LogP contribution in [0.1, 0.15) is 63.5 Å². The van der Waals surface area contributed by atoms with Gasteiger partial charge >= 0.3 is 5.97 Å². The third-order valence-corrected chi connectivity index (χ3v) is 5.72. The molecular formula is C23H22N2O3S. The smallest absolute Gasteiger partial charge is 0.348 e. The van der Waals surface area contributed by atoms with Crippen LogP contribution >= 0.6 is 11.3 Å². The summed E-state index contributed by atoms with van der Waals surface area (Å²) in [5.41, 5.74) is 2.74. The zero-order valence-electron chi connectivity index (χ0n) is 16.9. The lowest BCUT2D eigenvalue weighted by molar-refractivity contribution is -0.114. The average Bonchev–Trinajstić information content (AvgIpc) is 3.01. The second kappa shape index (κ2) is 9.82. The third-order valence-electron chi connectivity index (χ3n) is 4.45. The molecule has 0 aliphatic rings. The first-order chi connectivity index (χ1) is 13.8. The second-order valence-electron chi connectivity index (χ2n) is 6.78. The topological polar surface area (TPSA) is 90.9 Å². The van der Waals surface area contributed by atoms with Gasteiger partial charge < -0.3 is 4.74 Å². The van der Waals surface area contributed by atoms with E-state index in [0.29, 0.717) is 26.8 Å². The number of nitriles is 2. The Morgan fingerprint density at radius 2 is 1.86 bits per heavy atom. The number of carbonyl (C=O) groups is 2. The SMILES string of the molecule is CCOC(=O)c1sc(CC(=O)/C(C#N)=C/c2ccc(C(C)C)cc2)c(C#N)c1C. The lowest BCUT2D eigenvalue weighted by Crippen LogP contribution is -2.05. The minimum Gasteiger partial charge on any atom is -0.462 e. The lowest BCUT2D eigenvalue weighted by atomic mass is 9.99. The highest BCUT2D eigenvalue weighted by atomic mass is 32.1. The summed E-state index contributed by atoms with van der Waals surface area (Å²) in [6.07, 6.45) is 1.43. The zero-order valence-corrected chi connectivity index (χ0v) is 17.7. The van der Waals surface area contributed by atoms with Gasteiger partial charge in [0.25, 0.3) is 0 Å². The van der Waals surface area contributed by atoms with Gasteiger partial charge in [-0.3, -0.25) is 4.79 Å². The van der Waals surface area contributed by atoms with E-state index in [1.54, 1.807) is 19.9 Å². The maximum Gasteiger partial charge on any atom is 0.348 e. The zero-order chi connectivity index (χ0) is 21.6. The molecule has 0 saturated heterocycles. The van der Waals surface area contributed by atoms with E-state index < -0.39 is 11.8 Å². The minimum atomic E-state index is -0.508.